The first-order chi connectivity index (χ1) is 10.2. The van der Waals surface area contributed by atoms with Gasteiger partial charge in [0, 0.05) is 23.0 Å². The summed E-state index contributed by atoms with van der Waals surface area (Å²) in [5, 5.41) is 3.10. The fourth-order valence-corrected chi connectivity index (χ4v) is 2.58. The van der Waals surface area contributed by atoms with E-state index in [9.17, 15) is 4.39 Å². The van der Waals surface area contributed by atoms with Crippen LogP contribution in [0.2, 0.25) is 0 Å². The van der Waals surface area contributed by atoms with E-state index >= 15 is 0 Å². The van der Waals surface area contributed by atoms with E-state index in [4.69, 9.17) is 9.47 Å². The van der Waals surface area contributed by atoms with Gasteiger partial charge in [0.05, 0.1) is 18.9 Å². The third-order valence-corrected chi connectivity index (χ3v) is 3.74. The van der Waals surface area contributed by atoms with Crippen molar-refractivity contribution in [2.24, 2.45) is 0 Å². The number of ether oxygens (including phenoxy) is 2. The first-order valence-corrected chi connectivity index (χ1v) is 7.60. The van der Waals surface area contributed by atoms with Gasteiger partial charge in [-0.1, -0.05) is 28.1 Å². The number of benzene rings is 2. The number of hydrogen-bond acceptors (Lipinski definition) is 3. The second-order valence-electron chi connectivity index (χ2n) is 4.77. The van der Waals surface area contributed by atoms with Gasteiger partial charge in [0.25, 0.3) is 0 Å². The molecular formula is C16H15BrFNO2. The molecule has 1 aliphatic rings. The highest BCUT2D eigenvalue weighted by atomic mass is 79.9. The van der Waals surface area contributed by atoms with Gasteiger partial charge in [-0.05, 0) is 24.3 Å². The van der Waals surface area contributed by atoms with Crippen LogP contribution in [-0.2, 0) is 6.54 Å². The van der Waals surface area contributed by atoms with E-state index in [0.29, 0.717) is 25.4 Å². The van der Waals surface area contributed by atoms with E-state index < -0.39 is 0 Å². The molecule has 3 nitrogen and oxygen atoms in total. The largest absolute Gasteiger partial charge is 0.490 e. The van der Waals surface area contributed by atoms with E-state index in [1.54, 1.807) is 12.1 Å². The molecule has 0 aromatic heterocycles. The Balaban J connectivity index is 1.81. The molecule has 1 N–H and O–H groups in total. The lowest BCUT2D eigenvalue weighted by Gasteiger charge is -2.14. The molecule has 0 amide bonds. The van der Waals surface area contributed by atoms with Gasteiger partial charge < -0.3 is 14.8 Å². The minimum Gasteiger partial charge on any atom is -0.490 e. The van der Waals surface area contributed by atoms with Crippen LogP contribution in [-0.4, -0.2) is 13.2 Å². The first-order valence-electron chi connectivity index (χ1n) is 6.80. The second-order valence-corrected chi connectivity index (χ2v) is 5.69. The van der Waals surface area contributed by atoms with E-state index in [1.165, 1.54) is 6.07 Å². The van der Waals surface area contributed by atoms with Crippen molar-refractivity contribution in [2.45, 2.75) is 13.0 Å². The van der Waals surface area contributed by atoms with Crippen LogP contribution in [0.3, 0.4) is 0 Å². The van der Waals surface area contributed by atoms with Crippen molar-refractivity contribution in [3.8, 4) is 11.5 Å². The Bertz CT molecular complexity index is 648. The standard InChI is InChI=1S/C16H15BrFNO2/c17-12-5-6-13(18)14(9-12)19-10-11-3-1-4-15-16(11)21-8-2-7-20-15/h1,3-6,9,19H,2,7-8,10H2. The van der Waals surface area contributed by atoms with Gasteiger partial charge in [0.15, 0.2) is 11.5 Å². The Hall–Kier alpha value is -1.75. The molecule has 0 radical (unpaired) electrons. The van der Waals surface area contributed by atoms with Gasteiger partial charge in [0.1, 0.15) is 5.82 Å². The van der Waals surface area contributed by atoms with E-state index in [1.807, 2.05) is 18.2 Å². The van der Waals surface area contributed by atoms with Crippen LogP contribution in [0.15, 0.2) is 40.9 Å². The lowest BCUT2D eigenvalue weighted by atomic mass is 10.1. The molecule has 21 heavy (non-hydrogen) atoms. The van der Waals surface area contributed by atoms with E-state index in [-0.39, 0.29) is 5.82 Å². The summed E-state index contributed by atoms with van der Waals surface area (Å²) in [6.45, 7) is 1.76. The number of fused-ring (bicyclic) bond motifs is 1. The Labute approximate surface area is 131 Å². The molecule has 0 saturated heterocycles. The zero-order valence-electron chi connectivity index (χ0n) is 11.4. The molecule has 3 rings (SSSR count). The molecule has 1 heterocycles. The molecule has 0 spiro atoms. The minimum atomic E-state index is -0.280. The SMILES string of the molecule is Fc1ccc(Br)cc1NCc1cccc2c1OCCCO2. The second kappa shape index (κ2) is 6.35. The minimum absolute atomic E-state index is 0.280. The van der Waals surface area contributed by atoms with Crippen LogP contribution in [0, 0.1) is 5.82 Å². The highest BCUT2D eigenvalue weighted by molar-refractivity contribution is 9.10. The van der Waals surface area contributed by atoms with Crippen molar-refractivity contribution in [2.75, 3.05) is 18.5 Å². The van der Waals surface area contributed by atoms with E-state index in [2.05, 4.69) is 21.2 Å². The lowest BCUT2D eigenvalue weighted by molar-refractivity contribution is 0.296. The molecule has 2 aromatic rings. The van der Waals surface area contributed by atoms with Crippen LogP contribution in [0.4, 0.5) is 10.1 Å². The number of anilines is 1. The Morgan fingerprint density at radius 2 is 2.00 bits per heavy atom. The number of halogens is 2. The summed E-state index contributed by atoms with van der Waals surface area (Å²) in [7, 11) is 0. The van der Waals surface area contributed by atoms with Crippen molar-refractivity contribution < 1.29 is 13.9 Å². The number of hydrogen-bond donors (Lipinski definition) is 1. The molecule has 0 bridgehead atoms. The molecule has 0 fully saturated rings. The predicted octanol–water partition coefficient (Wildman–Crippen LogP) is 4.36. The summed E-state index contributed by atoms with van der Waals surface area (Å²) in [4.78, 5) is 0. The first kappa shape index (κ1) is 14.2. The van der Waals surface area contributed by atoms with Crippen molar-refractivity contribution in [3.63, 3.8) is 0 Å². The lowest BCUT2D eigenvalue weighted by Crippen LogP contribution is -2.04. The number of para-hydroxylation sites is 1. The van der Waals surface area contributed by atoms with Crippen LogP contribution >= 0.6 is 15.9 Å². The molecule has 0 saturated carbocycles. The Morgan fingerprint density at radius 3 is 2.90 bits per heavy atom. The van der Waals surface area contributed by atoms with Crippen molar-refractivity contribution >= 4 is 21.6 Å². The monoisotopic (exact) mass is 351 g/mol. The molecular weight excluding hydrogens is 337 g/mol. The fraction of sp³-hybridized carbons (Fsp3) is 0.250. The normalized spacial score (nSPS) is 13.6. The topological polar surface area (TPSA) is 30.5 Å². The Kier molecular flexibility index (Phi) is 4.29. The van der Waals surface area contributed by atoms with Gasteiger partial charge in [-0.15, -0.1) is 0 Å². The van der Waals surface area contributed by atoms with Gasteiger partial charge in [0.2, 0.25) is 0 Å². The zero-order chi connectivity index (χ0) is 14.7. The summed E-state index contributed by atoms with van der Waals surface area (Å²) in [6.07, 6.45) is 0.863. The molecule has 0 atom stereocenters. The maximum absolute atomic E-state index is 13.7. The molecule has 110 valence electrons. The molecule has 0 unspecified atom stereocenters. The van der Waals surface area contributed by atoms with Crippen molar-refractivity contribution in [1.82, 2.24) is 0 Å². The van der Waals surface area contributed by atoms with Crippen LogP contribution in [0.5, 0.6) is 11.5 Å². The summed E-state index contributed by atoms with van der Waals surface area (Å²) >= 11 is 3.34. The molecule has 1 aliphatic heterocycles. The third-order valence-electron chi connectivity index (χ3n) is 3.25. The fourth-order valence-electron chi connectivity index (χ4n) is 2.22. The van der Waals surface area contributed by atoms with Gasteiger partial charge in [-0.3, -0.25) is 0 Å². The smallest absolute Gasteiger partial charge is 0.166 e. The highest BCUT2D eigenvalue weighted by Gasteiger charge is 2.14. The van der Waals surface area contributed by atoms with Crippen molar-refractivity contribution in [3.05, 3.63) is 52.3 Å². The maximum atomic E-state index is 13.7. The summed E-state index contributed by atoms with van der Waals surface area (Å²) in [5.41, 5.74) is 1.41. The number of rotatable bonds is 3. The molecule has 2 aromatic carbocycles. The molecule has 5 heteroatoms. The zero-order valence-corrected chi connectivity index (χ0v) is 13.0. The van der Waals surface area contributed by atoms with Crippen LogP contribution < -0.4 is 14.8 Å². The van der Waals surface area contributed by atoms with Gasteiger partial charge in [-0.2, -0.15) is 0 Å². The van der Waals surface area contributed by atoms with Crippen LogP contribution in [0.1, 0.15) is 12.0 Å². The average molecular weight is 352 g/mol. The number of nitrogens with one attached hydrogen (secondary N) is 1. The Morgan fingerprint density at radius 1 is 1.14 bits per heavy atom. The maximum Gasteiger partial charge on any atom is 0.166 e. The summed E-state index contributed by atoms with van der Waals surface area (Å²) < 4.78 is 26.0. The highest BCUT2D eigenvalue weighted by Crippen LogP contribution is 2.33. The van der Waals surface area contributed by atoms with Gasteiger partial charge >= 0.3 is 0 Å². The summed E-state index contributed by atoms with van der Waals surface area (Å²) in [5.74, 6) is 1.22. The van der Waals surface area contributed by atoms with Gasteiger partial charge in [-0.25, -0.2) is 4.39 Å². The predicted molar refractivity (Wildman–Crippen MR) is 83.5 cm³/mol. The van der Waals surface area contributed by atoms with E-state index in [0.717, 1.165) is 28.0 Å². The third kappa shape index (κ3) is 3.29. The quantitative estimate of drug-likeness (QED) is 0.890. The van der Waals surface area contributed by atoms with Crippen molar-refractivity contribution in [1.29, 1.82) is 0 Å². The average Bonchev–Trinajstić information content (AvgIpc) is 2.74. The van der Waals surface area contributed by atoms with Crippen LogP contribution in [0.25, 0.3) is 0 Å². The molecule has 0 aliphatic carbocycles. The summed E-state index contributed by atoms with van der Waals surface area (Å²) in [6, 6.07) is 10.6.